The van der Waals surface area contributed by atoms with E-state index in [4.69, 9.17) is 0 Å². The minimum atomic E-state index is -0.354. The quantitative estimate of drug-likeness (QED) is 0.863. The number of aryl methyl sites for hydroxylation is 1. The number of hydrogen-bond donors (Lipinski definition) is 1. The van der Waals surface area contributed by atoms with Crippen LogP contribution in [0.5, 0.6) is 0 Å². The molecule has 1 nitrogen and oxygen atoms in total. The van der Waals surface area contributed by atoms with Crippen molar-refractivity contribution in [1.82, 2.24) is 0 Å². The van der Waals surface area contributed by atoms with Crippen LogP contribution in [0.25, 0.3) is 0 Å². The monoisotopic (exact) mass is 252 g/mol. The Morgan fingerprint density at radius 1 is 0.947 bits per heavy atom. The molecule has 1 aliphatic rings. The summed E-state index contributed by atoms with van der Waals surface area (Å²) in [5, 5.41) is 10.7. The summed E-state index contributed by atoms with van der Waals surface area (Å²) in [6.07, 6.45) is 1.63. The second kappa shape index (κ2) is 4.82. The van der Waals surface area contributed by atoms with Crippen molar-refractivity contribution in [2.24, 2.45) is 5.92 Å². The lowest BCUT2D eigenvalue weighted by molar-refractivity contribution is 0.113. The van der Waals surface area contributed by atoms with E-state index in [1.54, 1.807) is 0 Å². The fraction of sp³-hybridized carbons (Fsp3) is 0.333. The predicted octanol–water partition coefficient (Wildman–Crippen LogP) is 3.75. The third kappa shape index (κ3) is 2.19. The molecule has 0 aliphatic heterocycles. The Morgan fingerprint density at radius 3 is 2.21 bits per heavy atom. The average Bonchev–Trinajstić information content (AvgIpc) is 2.85. The number of benzene rings is 2. The van der Waals surface area contributed by atoms with Gasteiger partial charge in [0, 0.05) is 0 Å². The van der Waals surface area contributed by atoms with E-state index in [0.717, 1.165) is 18.4 Å². The van der Waals surface area contributed by atoms with Gasteiger partial charge in [0.25, 0.3) is 0 Å². The van der Waals surface area contributed by atoms with Gasteiger partial charge >= 0.3 is 0 Å². The Hall–Kier alpha value is -1.60. The van der Waals surface area contributed by atoms with Gasteiger partial charge in [-0.2, -0.15) is 0 Å². The van der Waals surface area contributed by atoms with Crippen LogP contribution >= 0.6 is 0 Å². The normalized spacial score (nSPS) is 16.4. The number of aliphatic hydroxyl groups excluding tert-OH is 1. The van der Waals surface area contributed by atoms with Gasteiger partial charge in [0.05, 0.1) is 6.10 Å². The fourth-order valence-corrected chi connectivity index (χ4v) is 3.16. The molecule has 2 aromatic carbocycles. The maximum absolute atomic E-state index is 10.7. The third-order valence-corrected chi connectivity index (χ3v) is 4.49. The van der Waals surface area contributed by atoms with Gasteiger partial charge in [-0.1, -0.05) is 42.5 Å². The minimum absolute atomic E-state index is 0.317. The van der Waals surface area contributed by atoms with Gasteiger partial charge in [-0.3, -0.25) is 0 Å². The van der Waals surface area contributed by atoms with E-state index in [0.29, 0.717) is 5.92 Å². The van der Waals surface area contributed by atoms with Crippen LogP contribution in [0.2, 0.25) is 0 Å². The molecule has 3 rings (SSSR count). The van der Waals surface area contributed by atoms with Crippen LogP contribution in [-0.2, 0) is 12.8 Å². The molecule has 98 valence electrons. The van der Waals surface area contributed by atoms with Gasteiger partial charge in [-0.25, -0.2) is 0 Å². The van der Waals surface area contributed by atoms with Gasteiger partial charge in [0.2, 0.25) is 0 Å². The fourth-order valence-electron chi connectivity index (χ4n) is 3.16. The van der Waals surface area contributed by atoms with E-state index in [1.165, 1.54) is 22.3 Å². The molecule has 0 saturated carbocycles. The van der Waals surface area contributed by atoms with E-state index >= 15 is 0 Å². The van der Waals surface area contributed by atoms with Crippen molar-refractivity contribution in [2.45, 2.75) is 32.8 Å². The summed E-state index contributed by atoms with van der Waals surface area (Å²) in [5.74, 6) is 0.317. The maximum Gasteiger partial charge on any atom is 0.0827 e. The van der Waals surface area contributed by atoms with E-state index in [2.05, 4.69) is 50.2 Å². The summed E-state index contributed by atoms with van der Waals surface area (Å²) in [6.45, 7) is 4.21. The predicted molar refractivity (Wildman–Crippen MR) is 78.2 cm³/mol. The smallest absolute Gasteiger partial charge is 0.0827 e. The first kappa shape index (κ1) is 12.4. The molecule has 1 heteroatoms. The third-order valence-electron chi connectivity index (χ3n) is 4.49. The summed E-state index contributed by atoms with van der Waals surface area (Å²) in [7, 11) is 0. The SMILES string of the molecule is Cc1cccc(C(O)C2Cc3ccccc3C2)c1C. The Bertz CT molecular complexity index is 575. The molecule has 2 aromatic rings. The van der Waals surface area contributed by atoms with E-state index < -0.39 is 0 Å². The largest absolute Gasteiger partial charge is 0.388 e. The topological polar surface area (TPSA) is 20.2 Å². The first-order valence-electron chi connectivity index (χ1n) is 6.98. The molecule has 1 N–H and O–H groups in total. The molecule has 0 aromatic heterocycles. The molecule has 0 bridgehead atoms. The van der Waals surface area contributed by atoms with Gasteiger partial charge in [0.15, 0.2) is 0 Å². The van der Waals surface area contributed by atoms with E-state index in [9.17, 15) is 5.11 Å². The summed E-state index contributed by atoms with van der Waals surface area (Å²) in [5.41, 5.74) is 6.38. The second-order valence-electron chi connectivity index (χ2n) is 5.67. The van der Waals surface area contributed by atoms with Crippen molar-refractivity contribution < 1.29 is 5.11 Å². The Labute approximate surface area is 114 Å². The molecule has 0 saturated heterocycles. The van der Waals surface area contributed by atoms with Crippen LogP contribution in [0, 0.1) is 19.8 Å². The zero-order chi connectivity index (χ0) is 13.4. The Morgan fingerprint density at radius 2 is 1.58 bits per heavy atom. The van der Waals surface area contributed by atoms with Crippen molar-refractivity contribution in [3.05, 3.63) is 70.3 Å². The highest BCUT2D eigenvalue weighted by Gasteiger charge is 2.28. The first-order chi connectivity index (χ1) is 9.16. The van der Waals surface area contributed by atoms with Crippen molar-refractivity contribution in [1.29, 1.82) is 0 Å². The van der Waals surface area contributed by atoms with Crippen LogP contribution < -0.4 is 0 Å². The first-order valence-corrected chi connectivity index (χ1v) is 6.98. The summed E-state index contributed by atoms with van der Waals surface area (Å²) >= 11 is 0. The van der Waals surface area contributed by atoms with Crippen LogP contribution in [0.3, 0.4) is 0 Å². The standard InChI is InChI=1S/C18H20O/c1-12-6-5-9-17(13(12)2)18(19)16-10-14-7-3-4-8-15(14)11-16/h3-9,16,18-19H,10-11H2,1-2H3. The molecule has 19 heavy (non-hydrogen) atoms. The van der Waals surface area contributed by atoms with Crippen LogP contribution in [0.15, 0.2) is 42.5 Å². The lowest BCUT2D eigenvalue weighted by atomic mass is 9.89. The van der Waals surface area contributed by atoms with Crippen molar-refractivity contribution in [2.75, 3.05) is 0 Å². The summed E-state index contributed by atoms with van der Waals surface area (Å²) < 4.78 is 0. The van der Waals surface area contributed by atoms with Crippen molar-refractivity contribution >= 4 is 0 Å². The zero-order valence-corrected chi connectivity index (χ0v) is 11.6. The lowest BCUT2D eigenvalue weighted by Crippen LogP contribution is -2.14. The number of fused-ring (bicyclic) bond motifs is 1. The maximum atomic E-state index is 10.7. The highest BCUT2D eigenvalue weighted by atomic mass is 16.3. The van der Waals surface area contributed by atoms with Crippen molar-refractivity contribution in [3.8, 4) is 0 Å². The Balaban J connectivity index is 1.87. The lowest BCUT2D eigenvalue weighted by Gasteiger charge is -2.21. The summed E-state index contributed by atoms with van der Waals surface area (Å²) in [6, 6.07) is 14.8. The highest BCUT2D eigenvalue weighted by Crippen LogP contribution is 2.36. The van der Waals surface area contributed by atoms with Crippen LogP contribution in [0.1, 0.15) is 33.9 Å². The zero-order valence-electron chi connectivity index (χ0n) is 11.6. The van der Waals surface area contributed by atoms with Gasteiger partial charge in [0.1, 0.15) is 0 Å². The molecule has 0 fully saturated rings. The molecular weight excluding hydrogens is 232 g/mol. The summed E-state index contributed by atoms with van der Waals surface area (Å²) in [4.78, 5) is 0. The van der Waals surface area contributed by atoms with Crippen LogP contribution in [0.4, 0.5) is 0 Å². The van der Waals surface area contributed by atoms with Gasteiger partial charge in [-0.05, 0) is 60.4 Å². The second-order valence-corrected chi connectivity index (χ2v) is 5.67. The number of rotatable bonds is 2. The molecule has 1 aliphatic carbocycles. The van der Waals surface area contributed by atoms with Gasteiger partial charge < -0.3 is 5.11 Å². The minimum Gasteiger partial charge on any atom is -0.388 e. The number of aliphatic hydroxyl groups is 1. The molecule has 0 spiro atoms. The average molecular weight is 252 g/mol. The van der Waals surface area contributed by atoms with Crippen LogP contribution in [-0.4, -0.2) is 5.11 Å². The molecule has 0 radical (unpaired) electrons. The molecular formula is C18H20O. The molecule has 0 heterocycles. The molecule has 1 atom stereocenters. The number of hydrogen-bond acceptors (Lipinski definition) is 1. The molecule has 0 amide bonds. The van der Waals surface area contributed by atoms with E-state index in [1.807, 2.05) is 6.07 Å². The van der Waals surface area contributed by atoms with Crippen molar-refractivity contribution in [3.63, 3.8) is 0 Å². The van der Waals surface area contributed by atoms with Gasteiger partial charge in [-0.15, -0.1) is 0 Å². The highest BCUT2D eigenvalue weighted by molar-refractivity contribution is 5.38. The molecule has 1 unspecified atom stereocenters. The van der Waals surface area contributed by atoms with E-state index in [-0.39, 0.29) is 6.10 Å². The Kier molecular flexibility index (Phi) is 3.16.